The summed E-state index contributed by atoms with van der Waals surface area (Å²) in [5, 5.41) is 0. The molecule has 21 heavy (non-hydrogen) atoms. The molecular weight excluding hydrogens is 264 g/mol. The van der Waals surface area contributed by atoms with Crippen LogP contribution >= 0.6 is 0 Å². The zero-order chi connectivity index (χ0) is 15.1. The molecule has 0 saturated heterocycles. The van der Waals surface area contributed by atoms with Crippen LogP contribution in [0.5, 0.6) is 0 Å². The number of rotatable bonds is 4. The van der Waals surface area contributed by atoms with Gasteiger partial charge in [0.15, 0.2) is 0 Å². The monoisotopic (exact) mass is 282 g/mol. The van der Waals surface area contributed by atoms with E-state index in [1.807, 2.05) is 37.3 Å². The molecule has 108 valence electrons. The van der Waals surface area contributed by atoms with E-state index in [1.54, 1.807) is 24.3 Å². The van der Waals surface area contributed by atoms with E-state index in [1.165, 1.54) is 5.56 Å². The van der Waals surface area contributed by atoms with E-state index in [-0.39, 0.29) is 11.8 Å². The van der Waals surface area contributed by atoms with Crippen LogP contribution in [0.25, 0.3) is 0 Å². The molecule has 0 aliphatic heterocycles. The Kier molecular flexibility index (Phi) is 5.10. The standard InChI is InChI=1S/C17H18N2O2/c1-13-7-9-14(10-8-13)11-12-16(20)18-19-17(21)15-5-3-2-4-6-15/h2-10H,11-12H2,1H3,(H,18,20)(H,19,21). The van der Waals surface area contributed by atoms with E-state index in [2.05, 4.69) is 10.9 Å². The summed E-state index contributed by atoms with van der Waals surface area (Å²) in [6, 6.07) is 16.8. The number of hydrogen-bond acceptors (Lipinski definition) is 2. The van der Waals surface area contributed by atoms with Crippen LogP contribution in [0.4, 0.5) is 0 Å². The van der Waals surface area contributed by atoms with Crippen LogP contribution < -0.4 is 10.9 Å². The van der Waals surface area contributed by atoms with Gasteiger partial charge in [0.2, 0.25) is 5.91 Å². The Bertz CT molecular complexity index is 606. The van der Waals surface area contributed by atoms with E-state index < -0.39 is 0 Å². The Hall–Kier alpha value is -2.62. The zero-order valence-electron chi connectivity index (χ0n) is 11.9. The van der Waals surface area contributed by atoms with Crippen molar-refractivity contribution >= 4 is 11.8 Å². The average molecular weight is 282 g/mol. The predicted molar refractivity (Wildman–Crippen MR) is 81.6 cm³/mol. The summed E-state index contributed by atoms with van der Waals surface area (Å²) in [4.78, 5) is 23.4. The van der Waals surface area contributed by atoms with Gasteiger partial charge < -0.3 is 0 Å². The largest absolute Gasteiger partial charge is 0.273 e. The number of carbonyl (C=O) groups is 2. The first-order valence-corrected chi connectivity index (χ1v) is 6.85. The molecule has 0 atom stereocenters. The smallest absolute Gasteiger partial charge is 0.269 e. The lowest BCUT2D eigenvalue weighted by atomic mass is 10.1. The Labute approximate surface area is 124 Å². The molecule has 2 rings (SSSR count). The third-order valence-electron chi connectivity index (χ3n) is 3.11. The van der Waals surface area contributed by atoms with E-state index in [0.29, 0.717) is 18.4 Å². The lowest BCUT2D eigenvalue weighted by Crippen LogP contribution is -2.41. The molecule has 0 aromatic heterocycles. The highest BCUT2D eigenvalue weighted by atomic mass is 16.2. The first-order valence-electron chi connectivity index (χ1n) is 6.85. The Morgan fingerprint density at radius 3 is 2.24 bits per heavy atom. The van der Waals surface area contributed by atoms with E-state index >= 15 is 0 Å². The van der Waals surface area contributed by atoms with Crippen molar-refractivity contribution in [2.45, 2.75) is 19.8 Å². The maximum atomic E-state index is 11.7. The maximum absolute atomic E-state index is 11.7. The first kappa shape index (κ1) is 14.8. The molecule has 0 bridgehead atoms. The predicted octanol–water partition coefficient (Wildman–Crippen LogP) is 2.39. The summed E-state index contributed by atoms with van der Waals surface area (Å²) in [5.41, 5.74) is 7.64. The van der Waals surface area contributed by atoms with Crippen LogP contribution in [0.15, 0.2) is 54.6 Å². The second-order valence-corrected chi connectivity index (χ2v) is 4.85. The van der Waals surface area contributed by atoms with Crippen LogP contribution in [0, 0.1) is 6.92 Å². The van der Waals surface area contributed by atoms with E-state index in [0.717, 1.165) is 5.56 Å². The molecule has 2 aromatic rings. The number of nitrogens with one attached hydrogen (secondary N) is 2. The molecule has 0 aliphatic rings. The van der Waals surface area contributed by atoms with Crippen molar-refractivity contribution in [3.63, 3.8) is 0 Å². The molecule has 0 radical (unpaired) electrons. The van der Waals surface area contributed by atoms with Crippen molar-refractivity contribution in [1.82, 2.24) is 10.9 Å². The molecule has 0 spiro atoms. The Morgan fingerprint density at radius 2 is 1.57 bits per heavy atom. The van der Waals surface area contributed by atoms with Crippen molar-refractivity contribution < 1.29 is 9.59 Å². The fourth-order valence-electron chi connectivity index (χ4n) is 1.86. The molecule has 0 aliphatic carbocycles. The topological polar surface area (TPSA) is 58.2 Å². The number of hydrazine groups is 1. The van der Waals surface area contributed by atoms with Gasteiger partial charge in [-0.25, -0.2) is 0 Å². The SMILES string of the molecule is Cc1ccc(CCC(=O)NNC(=O)c2ccccc2)cc1. The maximum Gasteiger partial charge on any atom is 0.269 e. The summed E-state index contributed by atoms with van der Waals surface area (Å²) in [6.45, 7) is 2.02. The van der Waals surface area contributed by atoms with Crippen LogP contribution in [0.2, 0.25) is 0 Å². The molecule has 2 amide bonds. The highest BCUT2D eigenvalue weighted by Gasteiger charge is 2.06. The van der Waals surface area contributed by atoms with E-state index in [9.17, 15) is 9.59 Å². The van der Waals surface area contributed by atoms with Crippen LogP contribution in [-0.2, 0) is 11.2 Å². The van der Waals surface area contributed by atoms with Gasteiger partial charge in [0, 0.05) is 12.0 Å². The Balaban J connectivity index is 1.75. The second kappa shape index (κ2) is 7.24. The van der Waals surface area contributed by atoms with Gasteiger partial charge in [0.25, 0.3) is 5.91 Å². The molecule has 0 fully saturated rings. The molecule has 2 N–H and O–H groups in total. The fraction of sp³-hybridized carbons (Fsp3) is 0.176. The molecule has 0 heterocycles. The molecule has 4 nitrogen and oxygen atoms in total. The highest BCUT2D eigenvalue weighted by Crippen LogP contribution is 2.05. The number of carbonyl (C=O) groups excluding carboxylic acids is 2. The lowest BCUT2D eigenvalue weighted by Gasteiger charge is -2.07. The van der Waals surface area contributed by atoms with Crippen molar-refractivity contribution in [2.75, 3.05) is 0 Å². The number of aryl methyl sites for hydroxylation is 2. The van der Waals surface area contributed by atoms with Crippen molar-refractivity contribution in [3.8, 4) is 0 Å². The van der Waals surface area contributed by atoms with Gasteiger partial charge in [-0.2, -0.15) is 0 Å². The van der Waals surface area contributed by atoms with Gasteiger partial charge in [-0.05, 0) is 31.0 Å². The van der Waals surface area contributed by atoms with Gasteiger partial charge in [-0.15, -0.1) is 0 Å². The normalized spacial score (nSPS) is 9.95. The summed E-state index contributed by atoms with van der Waals surface area (Å²) >= 11 is 0. The summed E-state index contributed by atoms with van der Waals surface area (Å²) in [7, 11) is 0. The van der Waals surface area contributed by atoms with Gasteiger partial charge in [0.05, 0.1) is 0 Å². The number of hydrogen-bond donors (Lipinski definition) is 2. The third kappa shape index (κ3) is 4.76. The number of benzene rings is 2. The third-order valence-corrected chi connectivity index (χ3v) is 3.11. The molecule has 0 saturated carbocycles. The van der Waals surface area contributed by atoms with Crippen molar-refractivity contribution in [2.24, 2.45) is 0 Å². The van der Waals surface area contributed by atoms with Gasteiger partial charge in [0.1, 0.15) is 0 Å². The average Bonchev–Trinajstić information content (AvgIpc) is 2.53. The molecule has 4 heteroatoms. The fourth-order valence-corrected chi connectivity index (χ4v) is 1.86. The second-order valence-electron chi connectivity index (χ2n) is 4.85. The quantitative estimate of drug-likeness (QED) is 0.846. The first-order chi connectivity index (χ1) is 10.1. The van der Waals surface area contributed by atoms with Gasteiger partial charge in [-0.1, -0.05) is 48.0 Å². The Morgan fingerprint density at radius 1 is 0.905 bits per heavy atom. The summed E-state index contributed by atoms with van der Waals surface area (Å²) in [5.74, 6) is -0.529. The minimum absolute atomic E-state index is 0.208. The number of amides is 2. The van der Waals surface area contributed by atoms with Crippen LogP contribution in [0.1, 0.15) is 27.9 Å². The minimum Gasteiger partial charge on any atom is -0.273 e. The van der Waals surface area contributed by atoms with Crippen LogP contribution in [-0.4, -0.2) is 11.8 Å². The van der Waals surface area contributed by atoms with Crippen LogP contribution in [0.3, 0.4) is 0 Å². The molecular formula is C17H18N2O2. The van der Waals surface area contributed by atoms with E-state index in [4.69, 9.17) is 0 Å². The lowest BCUT2D eigenvalue weighted by molar-refractivity contribution is -0.121. The molecule has 2 aromatic carbocycles. The summed E-state index contributed by atoms with van der Waals surface area (Å²) in [6.07, 6.45) is 0.978. The van der Waals surface area contributed by atoms with Gasteiger partial charge >= 0.3 is 0 Å². The molecule has 0 unspecified atom stereocenters. The minimum atomic E-state index is -0.320. The van der Waals surface area contributed by atoms with Crippen molar-refractivity contribution in [3.05, 3.63) is 71.3 Å². The van der Waals surface area contributed by atoms with Crippen molar-refractivity contribution in [1.29, 1.82) is 0 Å². The summed E-state index contributed by atoms with van der Waals surface area (Å²) < 4.78 is 0. The zero-order valence-corrected chi connectivity index (χ0v) is 11.9. The van der Waals surface area contributed by atoms with Gasteiger partial charge in [-0.3, -0.25) is 20.4 Å². The highest BCUT2D eigenvalue weighted by molar-refractivity contribution is 5.95.